The summed E-state index contributed by atoms with van der Waals surface area (Å²) < 4.78 is 38.4. The van der Waals surface area contributed by atoms with Gasteiger partial charge in [0.25, 0.3) is 0 Å². The SMILES string of the molecule is C=CC(C)(C(O)c1ccccc1)C(F)(F)F. The number of aliphatic hydroxyl groups excluding tert-OH is 1. The fraction of sp³-hybridized carbons (Fsp3) is 0.333. The van der Waals surface area contributed by atoms with Crippen molar-refractivity contribution in [2.45, 2.75) is 19.2 Å². The van der Waals surface area contributed by atoms with Gasteiger partial charge in [0, 0.05) is 0 Å². The topological polar surface area (TPSA) is 20.2 Å². The maximum Gasteiger partial charge on any atom is 0.400 e. The zero-order chi connectivity index (χ0) is 12.4. The molecule has 0 spiro atoms. The molecule has 1 nitrogen and oxygen atoms in total. The molecule has 4 heteroatoms. The monoisotopic (exact) mass is 230 g/mol. The van der Waals surface area contributed by atoms with E-state index in [0.717, 1.165) is 13.0 Å². The molecule has 0 bridgehead atoms. The van der Waals surface area contributed by atoms with Gasteiger partial charge in [0.15, 0.2) is 0 Å². The van der Waals surface area contributed by atoms with Crippen LogP contribution in [0, 0.1) is 5.41 Å². The van der Waals surface area contributed by atoms with Crippen molar-refractivity contribution in [3.8, 4) is 0 Å². The Bertz CT molecular complexity index is 358. The first-order chi connectivity index (χ1) is 7.33. The summed E-state index contributed by atoms with van der Waals surface area (Å²) in [6, 6.07) is 7.75. The molecule has 0 fully saturated rings. The highest BCUT2D eigenvalue weighted by Gasteiger charge is 2.54. The average Bonchev–Trinajstić information content (AvgIpc) is 2.26. The molecule has 2 atom stereocenters. The predicted octanol–water partition coefficient (Wildman–Crippen LogP) is 3.47. The van der Waals surface area contributed by atoms with Crippen LogP contribution in [0.2, 0.25) is 0 Å². The molecule has 1 N–H and O–H groups in total. The van der Waals surface area contributed by atoms with Crippen molar-refractivity contribution in [1.29, 1.82) is 0 Å². The summed E-state index contributed by atoms with van der Waals surface area (Å²) in [6.45, 7) is 4.09. The van der Waals surface area contributed by atoms with Crippen molar-refractivity contribution in [2.75, 3.05) is 0 Å². The van der Waals surface area contributed by atoms with Crippen molar-refractivity contribution in [2.24, 2.45) is 5.41 Å². The number of hydrogen-bond acceptors (Lipinski definition) is 1. The highest BCUT2D eigenvalue weighted by molar-refractivity contribution is 5.22. The molecule has 0 aliphatic heterocycles. The van der Waals surface area contributed by atoms with Gasteiger partial charge < -0.3 is 5.11 Å². The number of halogens is 3. The van der Waals surface area contributed by atoms with Gasteiger partial charge in [0.2, 0.25) is 0 Å². The fourth-order valence-corrected chi connectivity index (χ4v) is 1.36. The van der Waals surface area contributed by atoms with E-state index in [0.29, 0.717) is 0 Å². The van der Waals surface area contributed by atoms with E-state index in [1.165, 1.54) is 12.1 Å². The van der Waals surface area contributed by atoms with Gasteiger partial charge in [-0.2, -0.15) is 13.2 Å². The maximum absolute atomic E-state index is 12.8. The molecule has 0 aromatic heterocycles. The Labute approximate surface area is 92.2 Å². The first-order valence-electron chi connectivity index (χ1n) is 4.76. The van der Waals surface area contributed by atoms with Crippen LogP contribution in [-0.4, -0.2) is 11.3 Å². The number of aliphatic hydroxyl groups is 1. The van der Waals surface area contributed by atoms with Crippen LogP contribution in [0.5, 0.6) is 0 Å². The smallest absolute Gasteiger partial charge is 0.387 e. The van der Waals surface area contributed by atoms with Crippen LogP contribution in [0.1, 0.15) is 18.6 Å². The van der Waals surface area contributed by atoms with E-state index >= 15 is 0 Å². The van der Waals surface area contributed by atoms with E-state index in [2.05, 4.69) is 6.58 Å². The molecule has 0 radical (unpaired) electrons. The minimum atomic E-state index is -4.54. The summed E-state index contributed by atoms with van der Waals surface area (Å²) in [4.78, 5) is 0. The van der Waals surface area contributed by atoms with E-state index in [1.807, 2.05) is 0 Å². The van der Waals surface area contributed by atoms with Gasteiger partial charge >= 0.3 is 6.18 Å². The minimum Gasteiger partial charge on any atom is -0.387 e. The largest absolute Gasteiger partial charge is 0.400 e. The Kier molecular flexibility index (Phi) is 3.43. The highest BCUT2D eigenvalue weighted by atomic mass is 19.4. The van der Waals surface area contributed by atoms with Crippen LogP contribution >= 0.6 is 0 Å². The first-order valence-corrected chi connectivity index (χ1v) is 4.76. The molecule has 0 saturated carbocycles. The third-order valence-corrected chi connectivity index (χ3v) is 2.72. The number of benzene rings is 1. The summed E-state index contributed by atoms with van der Waals surface area (Å²) in [5.41, 5.74) is -2.11. The Hall–Kier alpha value is -1.29. The van der Waals surface area contributed by atoms with Crippen molar-refractivity contribution in [3.63, 3.8) is 0 Å². The maximum atomic E-state index is 12.8. The lowest BCUT2D eigenvalue weighted by Gasteiger charge is -2.33. The molecule has 0 saturated heterocycles. The second-order valence-electron chi connectivity index (χ2n) is 3.80. The van der Waals surface area contributed by atoms with Crippen LogP contribution in [-0.2, 0) is 0 Å². The highest BCUT2D eigenvalue weighted by Crippen LogP contribution is 2.47. The average molecular weight is 230 g/mol. The summed E-state index contributed by atoms with van der Waals surface area (Å²) in [6.07, 6.45) is -5.44. The zero-order valence-corrected chi connectivity index (χ0v) is 8.83. The van der Waals surface area contributed by atoms with Gasteiger partial charge in [-0.05, 0) is 12.5 Å². The molecule has 88 valence electrons. The summed E-state index contributed by atoms with van der Waals surface area (Å²) in [7, 11) is 0. The van der Waals surface area contributed by atoms with Crippen molar-refractivity contribution in [3.05, 3.63) is 48.6 Å². The fourth-order valence-electron chi connectivity index (χ4n) is 1.36. The van der Waals surface area contributed by atoms with Crippen LogP contribution in [0.15, 0.2) is 43.0 Å². The summed E-state index contributed by atoms with van der Waals surface area (Å²) in [5.74, 6) is 0. The third kappa shape index (κ3) is 2.11. The third-order valence-electron chi connectivity index (χ3n) is 2.72. The molecule has 0 aliphatic carbocycles. The first kappa shape index (κ1) is 12.8. The number of alkyl halides is 3. The number of hydrogen-bond donors (Lipinski definition) is 1. The summed E-state index contributed by atoms with van der Waals surface area (Å²) >= 11 is 0. The van der Waals surface area contributed by atoms with Gasteiger partial charge in [-0.3, -0.25) is 0 Å². The van der Waals surface area contributed by atoms with Gasteiger partial charge in [0.05, 0.1) is 6.10 Å². The van der Waals surface area contributed by atoms with Gasteiger partial charge in [-0.1, -0.05) is 36.4 Å². The minimum absolute atomic E-state index is 0.224. The van der Waals surface area contributed by atoms with E-state index in [-0.39, 0.29) is 5.56 Å². The van der Waals surface area contributed by atoms with Crippen molar-refractivity contribution in [1.82, 2.24) is 0 Å². The lowest BCUT2D eigenvalue weighted by molar-refractivity contribution is -0.230. The Morgan fingerprint density at radius 1 is 1.25 bits per heavy atom. The van der Waals surface area contributed by atoms with E-state index in [9.17, 15) is 18.3 Å². The second kappa shape index (κ2) is 4.29. The zero-order valence-electron chi connectivity index (χ0n) is 8.83. The molecular weight excluding hydrogens is 217 g/mol. The quantitative estimate of drug-likeness (QED) is 0.788. The Morgan fingerprint density at radius 2 is 1.75 bits per heavy atom. The Morgan fingerprint density at radius 3 is 2.12 bits per heavy atom. The molecular formula is C12H13F3O. The van der Waals surface area contributed by atoms with Crippen LogP contribution in [0.3, 0.4) is 0 Å². The molecule has 0 heterocycles. The molecule has 16 heavy (non-hydrogen) atoms. The van der Waals surface area contributed by atoms with Gasteiger partial charge in [-0.15, -0.1) is 6.58 Å². The standard InChI is InChI=1S/C12H13F3O/c1-3-11(2,12(13,14)15)10(16)9-7-5-4-6-8-9/h3-8,10,16H,1H2,2H3. The predicted molar refractivity (Wildman–Crippen MR) is 55.8 cm³/mol. The van der Waals surface area contributed by atoms with Gasteiger partial charge in [-0.25, -0.2) is 0 Å². The lowest BCUT2D eigenvalue weighted by atomic mass is 9.80. The van der Waals surface area contributed by atoms with E-state index in [1.54, 1.807) is 18.2 Å². The van der Waals surface area contributed by atoms with Crippen LogP contribution < -0.4 is 0 Å². The van der Waals surface area contributed by atoms with E-state index < -0.39 is 17.7 Å². The van der Waals surface area contributed by atoms with Crippen molar-refractivity contribution >= 4 is 0 Å². The molecule has 1 aromatic carbocycles. The second-order valence-corrected chi connectivity index (χ2v) is 3.80. The summed E-state index contributed by atoms with van der Waals surface area (Å²) in [5, 5.41) is 9.78. The molecule has 2 unspecified atom stereocenters. The molecule has 0 aliphatic rings. The Balaban J connectivity index is 3.12. The molecule has 0 amide bonds. The number of rotatable bonds is 3. The van der Waals surface area contributed by atoms with Crippen LogP contribution in [0.25, 0.3) is 0 Å². The lowest BCUT2D eigenvalue weighted by Crippen LogP contribution is -2.38. The van der Waals surface area contributed by atoms with Crippen molar-refractivity contribution < 1.29 is 18.3 Å². The van der Waals surface area contributed by atoms with E-state index in [4.69, 9.17) is 0 Å². The van der Waals surface area contributed by atoms with Gasteiger partial charge in [0.1, 0.15) is 5.41 Å². The molecule has 1 rings (SSSR count). The normalized spacial score (nSPS) is 17.6. The molecule has 1 aromatic rings. The van der Waals surface area contributed by atoms with Crippen LogP contribution in [0.4, 0.5) is 13.2 Å².